The Labute approximate surface area is 76.9 Å². The van der Waals surface area contributed by atoms with Crippen LogP contribution in [0.4, 0.5) is 0 Å². The molecule has 11 heavy (non-hydrogen) atoms. The van der Waals surface area contributed by atoms with Crippen molar-refractivity contribution >= 4 is 27.5 Å². The maximum Gasteiger partial charge on any atom is 0.261 e. The molecule has 0 aliphatic rings. The van der Waals surface area contributed by atoms with Gasteiger partial charge in [-0.1, -0.05) is 27.5 Å². The fourth-order valence-corrected chi connectivity index (χ4v) is 2.11. The Kier molecular flexibility index (Phi) is 3.29. The summed E-state index contributed by atoms with van der Waals surface area (Å²) in [5.41, 5.74) is 0.00826. The second-order valence-electron chi connectivity index (χ2n) is 1.96. The minimum absolute atomic E-state index is 0.00826. The quantitative estimate of drug-likeness (QED) is 0.746. The lowest BCUT2D eigenvalue weighted by Gasteiger charge is -2.06. The highest BCUT2D eigenvalue weighted by Gasteiger charge is 2.07. The van der Waals surface area contributed by atoms with Crippen molar-refractivity contribution in [2.45, 2.75) is 4.95 Å². The van der Waals surface area contributed by atoms with Gasteiger partial charge < -0.3 is 4.74 Å². The first-order chi connectivity index (χ1) is 5.25. The molecule has 3 nitrogen and oxygen atoms in total. The summed E-state index contributed by atoms with van der Waals surface area (Å²) in [4.78, 5) is 11.0. The van der Waals surface area contributed by atoms with E-state index < -0.39 is 0 Å². The maximum atomic E-state index is 11.0. The molecular formula is C6H8BrNO2S. The Morgan fingerprint density at radius 2 is 2.64 bits per heavy atom. The van der Waals surface area contributed by atoms with Crippen molar-refractivity contribution < 1.29 is 4.74 Å². The summed E-state index contributed by atoms with van der Waals surface area (Å²) >= 11 is 4.70. The number of ether oxygens (including phenoxy) is 1. The lowest BCUT2D eigenvalue weighted by Crippen LogP contribution is -2.17. The van der Waals surface area contributed by atoms with Crippen molar-refractivity contribution in [3.05, 3.63) is 21.8 Å². The Bertz CT molecular complexity index is 270. The molecule has 0 fully saturated rings. The van der Waals surface area contributed by atoms with Gasteiger partial charge in [0.05, 0.1) is 6.61 Å². The molecule has 62 valence electrons. The minimum atomic E-state index is -0.0417. The molecule has 0 saturated carbocycles. The molecule has 5 heteroatoms. The van der Waals surface area contributed by atoms with Crippen LogP contribution in [0.1, 0.15) is 4.95 Å². The largest absolute Gasteiger partial charge is 0.382 e. The van der Waals surface area contributed by atoms with Crippen molar-refractivity contribution in [3.63, 3.8) is 0 Å². The third-order valence-corrected chi connectivity index (χ3v) is 3.03. The summed E-state index contributed by atoms with van der Waals surface area (Å²) in [5, 5.41) is 1.76. The first-order valence-corrected chi connectivity index (χ1v) is 4.80. The number of nitrogens with zero attached hydrogens (tertiary/aromatic N) is 1. The average molecular weight is 238 g/mol. The summed E-state index contributed by atoms with van der Waals surface area (Å²) in [6.07, 6.45) is 0. The van der Waals surface area contributed by atoms with E-state index in [1.807, 2.05) is 0 Å². The Morgan fingerprint density at radius 1 is 1.91 bits per heavy atom. The van der Waals surface area contributed by atoms with Gasteiger partial charge in [0.1, 0.15) is 4.95 Å². The summed E-state index contributed by atoms with van der Waals surface area (Å²) in [7, 11) is 1.60. The van der Waals surface area contributed by atoms with Gasteiger partial charge in [-0.2, -0.15) is 0 Å². The van der Waals surface area contributed by atoms with E-state index in [0.717, 1.165) is 0 Å². The molecule has 1 rings (SSSR count). The number of hydrogen-bond acceptors (Lipinski definition) is 3. The van der Waals surface area contributed by atoms with Crippen molar-refractivity contribution in [2.75, 3.05) is 13.7 Å². The molecule has 0 aromatic carbocycles. The molecule has 0 N–H and O–H groups in total. The number of alkyl halides is 1. The summed E-state index contributed by atoms with van der Waals surface area (Å²) < 4.78 is 6.50. The summed E-state index contributed by atoms with van der Waals surface area (Å²) in [6, 6.07) is 1.54. The van der Waals surface area contributed by atoms with E-state index in [-0.39, 0.29) is 10.5 Å². The number of hydrogen-bond donors (Lipinski definition) is 0. The standard InChI is InChI=1S/C6H8BrNO2S/c1-10-4-5(7)8-6(9)2-3-11-8/h2-3,5H,4H2,1H3. The number of aromatic nitrogens is 1. The van der Waals surface area contributed by atoms with Crippen LogP contribution in [0.5, 0.6) is 0 Å². The summed E-state index contributed by atoms with van der Waals surface area (Å²) in [5.74, 6) is 0. The Morgan fingerprint density at radius 3 is 3.09 bits per heavy atom. The molecular weight excluding hydrogens is 230 g/mol. The van der Waals surface area contributed by atoms with Crippen molar-refractivity contribution in [1.82, 2.24) is 3.96 Å². The molecule has 0 aliphatic heterocycles. The van der Waals surface area contributed by atoms with E-state index in [0.29, 0.717) is 6.61 Å². The predicted molar refractivity (Wildman–Crippen MR) is 48.4 cm³/mol. The van der Waals surface area contributed by atoms with Gasteiger partial charge in [0.25, 0.3) is 5.56 Å². The molecule has 0 aliphatic carbocycles. The lowest BCUT2D eigenvalue weighted by molar-refractivity contribution is 0.188. The highest BCUT2D eigenvalue weighted by atomic mass is 79.9. The smallest absolute Gasteiger partial charge is 0.261 e. The first-order valence-electron chi connectivity index (χ1n) is 3.05. The van der Waals surface area contributed by atoms with Crippen LogP contribution in [-0.4, -0.2) is 17.7 Å². The zero-order valence-electron chi connectivity index (χ0n) is 5.99. The van der Waals surface area contributed by atoms with E-state index in [4.69, 9.17) is 4.74 Å². The fraction of sp³-hybridized carbons (Fsp3) is 0.500. The van der Waals surface area contributed by atoms with Gasteiger partial charge >= 0.3 is 0 Å². The molecule has 0 spiro atoms. The monoisotopic (exact) mass is 237 g/mol. The van der Waals surface area contributed by atoms with Gasteiger partial charge in [-0.25, -0.2) is 3.96 Å². The highest BCUT2D eigenvalue weighted by Crippen LogP contribution is 2.14. The van der Waals surface area contributed by atoms with E-state index in [1.54, 1.807) is 16.4 Å². The van der Waals surface area contributed by atoms with Gasteiger partial charge in [0.2, 0.25) is 0 Å². The van der Waals surface area contributed by atoms with Crippen LogP contribution in [0, 0.1) is 0 Å². The molecule has 1 heterocycles. The Hall–Kier alpha value is -0.130. The van der Waals surface area contributed by atoms with E-state index in [9.17, 15) is 4.79 Å². The van der Waals surface area contributed by atoms with E-state index >= 15 is 0 Å². The molecule has 0 amide bonds. The van der Waals surface area contributed by atoms with Gasteiger partial charge in [-0.05, 0) is 0 Å². The number of rotatable bonds is 3. The molecule has 1 atom stereocenters. The molecule has 0 saturated heterocycles. The second kappa shape index (κ2) is 4.04. The summed E-state index contributed by atoms with van der Waals surface area (Å²) in [6.45, 7) is 0.500. The zero-order valence-corrected chi connectivity index (χ0v) is 8.39. The van der Waals surface area contributed by atoms with Gasteiger partial charge in [0, 0.05) is 18.6 Å². The third-order valence-electron chi connectivity index (χ3n) is 1.16. The van der Waals surface area contributed by atoms with Gasteiger partial charge in [-0.15, -0.1) is 0 Å². The molecule has 1 aromatic heterocycles. The van der Waals surface area contributed by atoms with Crippen LogP contribution in [-0.2, 0) is 4.74 Å². The van der Waals surface area contributed by atoms with Crippen LogP contribution in [0.3, 0.4) is 0 Å². The Balaban J connectivity index is 2.75. The molecule has 0 bridgehead atoms. The van der Waals surface area contributed by atoms with Crippen molar-refractivity contribution in [2.24, 2.45) is 0 Å². The third kappa shape index (κ3) is 2.15. The van der Waals surface area contributed by atoms with Crippen LogP contribution >= 0.6 is 27.5 Å². The first kappa shape index (κ1) is 8.96. The van der Waals surface area contributed by atoms with Crippen LogP contribution in [0.25, 0.3) is 0 Å². The SMILES string of the molecule is COCC(Br)n1sccc1=O. The molecule has 1 aromatic rings. The van der Waals surface area contributed by atoms with Crippen molar-refractivity contribution in [3.8, 4) is 0 Å². The fourth-order valence-electron chi connectivity index (χ4n) is 0.689. The topological polar surface area (TPSA) is 31.2 Å². The van der Waals surface area contributed by atoms with Gasteiger partial charge in [0.15, 0.2) is 0 Å². The van der Waals surface area contributed by atoms with Gasteiger partial charge in [-0.3, -0.25) is 4.79 Å². The zero-order chi connectivity index (χ0) is 8.27. The van der Waals surface area contributed by atoms with Crippen LogP contribution in [0.2, 0.25) is 0 Å². The normalized spacial score (nSPS) is 13.3. The lowest BCUT2D eigenvalue weighted by atomic mass is 10.6. The predicted octanol–water partition coefficient (Wildman–Crippen LogP) is 1.45. The van der Waals surface area contributed by atoms with E-state index in [1.165, 1.54) is 17.6 Å². The second-order valence-corrected chi connectivity index (χ2v) is 3.90. The molecule has 0 radical (unpaired) electrons. The molecule has 1 unspecified atom stereocenters. The van der Waals surface area contributed by atoms with Crippen LogP contribution in [0.15, 0.2) is 16.2 Å². The van der Waals surface area contributed by atoms with Crippen molar-refractivity contribution in [1.29, 1.82) is 0 Å². The maximum absolute atomic E-state index is 11.0. The van der Waals surface area contributed by atoms with E-state index in [2.05, 4.69) is 15.9 Å². The average Bonchev–Trinajstić information content (AvgIpc) is 2.36. The number of methoxy groups -OCH3 is 1. The minimum Gasteiger partial charge on any atom is -0.382 e. The highest BCUT2D eigenvalue weighted by molar-refractivity contribution is 9.09. The number of halogens is 1. The van der Waals surface area contributed by atoms with Crippen LogP contribution < -0.4 is 5.56 Å².